The Bertz CT molecular complexity index is 1060. The summed E-state index contributed by atoms with van der Waals surface area (Å²) in [4.78, 5) is 16.8. The first-order valence-corrected chi connectivity index (χ1v) is 9.84. The van der Waals surface area contributed by atoms with Crippen LogP contribution in [-0.2, 0) is 0 Å². The monoisotopic (exact) mass is 435 g/mol. The van der Waals surface area contributed by atoms with Crippen LogP contribution in [0.4, 0.5) is 11.4 Å². The minimum absolute atomic E-state index is 0.0639. The van der Waals surface area contributed by atoms with E-state index in [0.717, 1.165) is 36.2 Å². The van der Waals surface area contributed by atoms with Crippen LogP contribution in [0.3, 0.4) is 0 Å². The lowest BCUT2D eigenvalue weighted by Gasteiger charge is -2.37. The fraction of sp³-hybridized carbons (Fsp3) is 0.182. The van der Waals surface area contributed by atoms with Gasteiger partial charge < -0.3 is 14.2 Å². The Morgan fingerprint density at radius 1 is 0.929 bits per heavy atom. The molecule has 1 aliphatic rings. The lowest BCUT2D eigenvalue weighted by molar-refractivity contribution is 0.521. The normalized spacial score (nSPS) is 14.0. The number of para-hydroxylation sites is 1. The fourth-order valence-corrected chi connectivity index (χ4v) is 3.70. The standard InChI is InChI=1S/C22H18BrN3O2/c23-17-8-6-16(7-9-17)21-14-20(19(15-24)22(27)28-21)26-12-10-25(11-13-26)18-4-2-1-3-5-18/h1-9,14H,10-13H2. The van der Waals surface area contributed by atoms with Crippen molar-refractivity contribution >= 4 is 27.3 Å². The van der Waals surface area contributed by atoms with Crippen LogP contribution in [0.5, 0.6) is 0 Å². The van der Waals surface area contributed by atoms with Crippen molar-refractivity contribution in [2.24, 2.45) is 0 Å². The highest BCUT2D eigenvalue weighted by Crippen LogP contribution is 2.28. The maximum Gasteiger partial charge on any atom is 0.356 e. The third-order valence-corrected chi connectivity index (χ3v) is 5.44. The smallest absolute Gasteiger partial charge is 0.356 e. The lowest BCUT2D eigenvalue weighted by Crippen LogP contribution is -2.47. The number of piperazine rings is 1. The Kier molecular flexibility index (Phi) is 5.18. The molecule has 2 heterocycles. The zero-order chi connectivity index (χ0) is 19.5. The van der Waals surface area contributed by atoms with Crippen molar-refractivity contribution < 1.29 is 4.42 Å². The molecule has 0 aliphatic carbocycles. The lowest BCUT2D eigenvalue weighted by atomic mass is 10.1. The molecule has 1 aromatic heterocycles. The fourth-order valence-electron chi connectivity index (χ4n) is 3.43. The average Bonchev–Trinajstić information content (AvgIpc) is 2.74. The summed E-state index contributed by atoms with van der Waals surface area (Å²) >= 11 is 3.41. The molecule has 2 aromatic carbocycles. The summed E-state index contributed by atoms with van der Waals surface area (Å²) in [5, 5.41) is 9.50. The van der Waals surface area contributed by atoms with Crippen LogP contribution in [0.25, 0.3) is 11.3 Å². The van der Waals surface area contributed by atoms with Gasteiger partial charge in [0.2, 0.25) is 0 Å². The Hall–Kier alpha value is -3.04. The Labute approximate surface area is 171 Å². The number of anilines is 2. The van der Waals surface area contributed by atoms with Crippen molar-refractivity contribution in [3.63, 3.8) is 0 Å². The maximum absolute atomic E-state index is 12.4. The molecule has 1 fully saturated rings. The molecule has 0 N–H and O–H groups in total. The van der Waals surface area contributed by atoms with Gasteiger partial charge in [0.1, 0.15) is 11.8 Å². The summed E-state index contributed by atoms with van der Waals surface area (Å²) < 4.78 is 6.37. The van der Waals surface area contributed by atoms with Gasteiger partial charge in [-0.15, -0.1) is 0 Å². The van der Waals surface area contributed by atoms with Crippen molar-refractivity contribution in [1.29, 1.82) is 5.26 Å². The molecule has 140 valence electrons. The number of rotatable bonds is 3. The van der Waals surface area contributed by atoms with Crippen molar-refractivity contribution in [2.45, 2.75) is 0 Å². The van der Waals surface area contributed by atoms with Gasteiger partial charge in [0.25, 0.3) is 0 Å². The molecule has 0 amide bonds. The van der Waals surface area contributed by atoms with Crippen LogP contribution in [0.1, 0.15) is 5.56 Å². The zero-order valence-electron chi connectivity index (χ0n) is 15.1. The summed E-state index contributed by atoms with van der Waals surface area (Å²) in [6.45, 7) is 3.10. The first-order chi connectivity index (χ1) is 13.7. The van der Waals surface area contributed by atoms with Gasteiger partial charge in [0, 0.05) is 48.0 Å². The predicted octanol–water partition coefficient (Wildman–Crippen LogP) is 4.27. The molecule has 0 bridgehead atoms. The van der Waals surface area contributed by atoms with E-state index in [1.54, 1.807) is 6.07 Å². The molecule has 0 unspecified atom stereocenters. The maximum atomic E-state index is 12.4. The SMILES string of the molecule is N#Cc1c(N2CCN(c3ccccc3)CC2)cc(-c2ccc(Br)cc2)oc1=O. The van der Waals surface area contributed by atoms with E-state index in [1.165, 1.54) is 5.69 Å². The molecule has 28 heavy (non-hydrogen) atoms. The Balaban J connectivity index is 1.63. The molecule has 0 saturated carbocycles. The van der Waals surface area contributed by atoms with Crippen LogP contribution < -0.4 is 15.4 Å². The summed E-state index contributed by atoms with van der Waals surface area (Å²) in [7, 11) is 0. The van der Waals surface area contributed by atoms with E-state index >= 15 is 0 Å². The molecule has 5 nitrogen and oxygen atoms in total. The molecule has 1 aliphatic heterocycles. The zero-order valence-corrected chi connectivity index (χ0v) is 16.7. The molecule has 4 rings (SSSR count). The second-order valence-electron chi connectivity index (χ2n) is 6.59. The van der Waals surface area contributed by atoms with Gasteiger partial charge in [0.05, 0.1) is 5.69 Å². The van der Waals surface area contributed by atoms with Gasteiger partial charge in [-0.05, 0) is 24.3 Å². The molecule has 0 atom stereocenters. The first-order valence-electron chi connectivity index (χ1n) is 9.05. The van der Waals surface area contributed by atoms with Crippen molar-refractivity contribution in [1.82, 2.24) is 0 Å². The Morgan fingerprint density at radius 3 is 2.21 bits per heavy atom. The predicted molar refractivity (Wildman–Crippen MR) is 114 cm³/mol. The van der Waals surface area contributed by atoms with Gasteiger partial charge in [0.15, 0.2) is 5.56 Å². The highest BCUT2D eigenvalue weighted by atomic mass is 79.9. The van der Waals surface area contributed by atoms with Gasteiger partial charge in [-0.25, -0.2) is 4.79 Å². The van der Waals surface area contributed by atoms with E-state index < -0.39 is 5.63 Å². The molecule has 1 saturated heterocycles. The molecule has 6 heteroatoms. The van der Waals surface area contributed by atoms with Gasteiger partial charge in [-0.1, -0.05) is 46.3 Å². The minimum Gasteiger partial charge on any atom is -0.422 e. The van der Waals surface area contributed by atoms with Crippen LogP contribution >= 0.6 is 15.9 Å². The van der Waals surface area contributed by atoms with Crippen LogP contribution in [0.15, 0.2) is 74.3 Å². The largest absolute Gasteiger partial charge is 0.422 e. The van der Waals surface area contributed by atoms with Crippen LogP contribution in [0.2, 0.25) is 0 Å². The quantitative estimate of drug-likeness (QED) is 0.614. The topological polar surface area (TPSA) is 60.5 Å². The summed E-state index contributed by atoms with van der Waals surface area (Å²) in [6, 6.07) is 21.6. The van der Waals surface area contributed by atoms with Crippen molar-refractivity contribution in [3.05, 3.63) is 81.1 Å². The van der Waals surface area contributed by atoms with Crippen molar-refractivity contribution in [3.8, 4) is 17.4 Å². The van der Waals surface area contributed by atoms with Crippen molar-refractivity contribution in [2.75, 3.05) is 36.0 Å². The van der Waals surface area contributed by atoms with Crippen LogP contribution in [-0.4, -0.2) is 26.2 Å². The van der Waals surface area contributed by atoms with E-state index in [9.17, 15) is 10.1 Å². The van der Waals surface area contributed by atoms with Gasteiger partial charge >= 0.3 is 5.63 Å². The van der Waals surface area contributed by atoms with E-state index in [-0.39, 0.29) is 5.56 Å². The van der Waals surface area contributed by atoms with Gasteiger partial charge in [-0.3, -0.25) is 0 Å². The summed E-state index contributed by atoms with van der Waals surface area (Å²) in [5.41, 5.74) is 2.10. The van der Waals surface area contributed by atoms with E-state index in [1.807, 2.05) is 48.5 Å². The molecule has 3 aromatic rings. The van der Waals surface area contributed by atoms with E-state index in [4.69, 9.17) is 4.42 Å². The summed E-state index contributed by atoms with van der Waals surface area (Å²) in [5.74, 6) is 0.469. The third kappa shape index (κ3) is 3.67. The molecular weight excluding hydrogens is 418 g/mol. The second-order valence-corrected chi connectivity index (χ2v) is 7.50. The van der Waals surface area contributed by atoms with Crippen LogP contribution in [0, 0.1) is 11.3 Å². The number of halogens is 1. The molecular formula is C22H18BrN3O2. The van der Waals surface area contributed by atoms with Gasteiger partial charge in [-0.2, -0.15) is 5.26 Å². The average molecular weight is 436 g/mol. The molecule has 0 spiro atoms. The van der Waals surface area contributed by atoms with E-state index in [0.29, 0.717) is 11.4 Å². The number of benzene rings is 2. The number of nitrogens with zero attached hydrogens (tertiary/aromatic N) is 3. The minimum atomic E-state index is -0.594. The number of nitriles is 1. The first kappa shape index (κ1) is 18.3. The highest BCUT2D eigenvalue weighted by molar-refractivity contribution is 9.10. The summed E-state index contributed by atoms with van der Waals surface area (Å²) in [6.07, 6.45) is 0. The highest BCUT2D eigenvalue weighted by Gasteiger charge is 2.23. The second kappa shape index (κ2) is 7.91. The third-order valence-electron chi connectivity index (χ3n) is 4.91. The van der Waals surface area contributed by atoms with E-state index in [2.05, 4.69) is 37.9 Å². The Morgan fingerprint density at radius 2 is 1.57 bits per heavy atom. The number of hydrogen-bond donors (Lipinski definition) is 0. The number of hydrogen-bond acceptors (Lipinski definition) is 5. The molecule has 0 radical (unpaired) electrons.